The molecule has 1 atom stereocenters. The number of rotatable bonds is 6. The van der Waals surface area contributed by atoms with Crippen LogP contribution in [0.25, 0.3) is 0 Å². The van der Waals surface area contributed by atoms with Crippen LogP contribution in [0.15, 0.2) is 0 Å². The summed E-state index contributed by atoms with van der Waals surface area (Å²) >= 11 is 0. The number of hydrogen-bond donors (Lipinski definition) is 3. The van der Waals surface area contributed by atoms with Gasteiger partial charge in [-0.05, 0) is 25.3 Å². The number of nitrogens with zero attached hydrogens (tertiary/aromatic N) is 1. The molecule has 1 saturated heterocycles. The molecule has 3 N–H and O–H groups in total. The Labute approximate surface area is 90.1 Å². The van der Waals surface area contributed by atoms with E-state index in [4.69, 9.17) is 10.2 Å². The fourth-order valence-corrected chi connectivity index (χ4v) is 1.93. The lowest BCUT2D eigenvalue weighted by Crippen LogP contribution is -2.37. The van der Waals surface area contributed by atoms with Crippen molar-refractivity contribution in [3.63, 3.8) is 0 Å². The van der Waals surface area contributed by atoms with E-state index in [1.54, 1.807) is 0 Å². The number of carbonyl (C=O) groups excluding carboxylic acids is 1. The minimum Gasteiger partial charge on any atom is -0.396 e. The van der Waals surface area contributed by atoms with Crippen molar-refractivity contribution in [2.45, 2.75) is 12.8 Å². The Bertz CT molecular complexity index is 199. The monoisotopic (exact) mass is 216 g/mol. The third kappa shape index (κ3) is 4.59. The summed E-state index contributed by atoms with van der Waals surface area (Å²) in [5.74, 6) is 0.495. The molecule has 0 aromatic rings. The molecular formula is C10H20N2O3. The zero-order chi connectivity index (χ0) is 11.1. The van der Waals surface area contributed by atoms with Crippen molar-refractivity contribution in [1.29, 1.82) is 0 Å². The maximum atomic E-state index is 11.3. The number of aliphatic hydroxyl groups excluding tert-OH is 2. The molecule has 1 amide bonds. The maximum absolute atomic E-state index is 11.3. The molecule has 0 aromatic heterocycles. The number of amides is 1. The van der Waals surface area contributed by atoms with Gasteiger partial charge in [0.2, 0.25) is 5.91 Å². The molecule has 0 spiro atoms. The van der Waals surface area contributed by atoms with Crippen LogP contribution in [0, 0.1) is 5.92 Å². The van der Waals surface area contributed by atoms with E-state index in [1.165, 1.54) is 0 Å². The van der Waals surface area contributed by atoms with Crippen molar-refractivity contribution in [2.24, 2.45) is 5.92 Å². The average Bonchev–Trinajstić information content (AvgIpc) is 2.63. The molecule has 1 aliphatic heterocycles. The van der Waals surface area contributed by atoms with Crippen molar-refractivity contribution in [3.05, 3.63) is 0 Å². The van der Waals surface area contributed by atoms with Gasteiger partial charge in [0.05, 0.1) is 13.2 Å². The highest BCUT2D eigenvalue weighted by atomic mass is 16.3. The number of aliphatic hydroxyl groups is 2. The number of nitrogens with one attached hydrogen (secondary N) is 1. The van der Waals surface area contributed by atoms with Gasteiger partial charge in [0, 0.05) is 19.7 Å². The zero-order valence-corrected chi connectivity index (χ0v) is 8.98. The van der Waals surface area contributed by atoms with Crippen molar-refractivity contribution < 1.29 is 15.0 Å². The summed E-state index contributed by atoms with van der Waals surface area (Å²) in [5, 5.41) is 19.9. The molecule has 5 nitrogen and oxygen atoms in total. The van der Waals surface area contributed by atoms with E-state index < -0.39 is 0 Å². The lowest BCUT2D eigenvalue weighted by Gasteiger charge is -2.15. The molecule has 88 valence electrons. The Balaban J connectivity index is 2.15. The van der Waals surface area contributed by atoms with E-state index in [-0.39, 0.29) is 19.1 Å². The highest BCUT2D eigenvalue weighted by molar-refractivity contribution is 5.78. The molecule has 0 bridgehead atoms. The summed E-state index contributed by atoms with van der Waals surface area (Å²) in [6, 6.07) is 0. The van der Waals surface area contributed by atoms with Crippen LogP contribution in [0.3, 0.4) is 0 Å². The molecule has 5 heteroatoms. The molecule has 0 aliphatic carbocycles. The summed E-state index contributed by atoms with van der Waals surface area (Å²) in [7, 11) is 0. The lowest BCUT2D eigenvalue weighted by atomic mass is 10.1. The van der Waals surface area contributed by atoms with Crippen LogP contribution in [-0.2, 0) is 4.79 Å². The summed E-state index contributed by atoms with van der Waals surface area (Å²) in [6.07, 6.45) is 1.89. The Morgan fingerprint density at radius 2 is 2.20 bits per heavy atom. The topological polar surface area (TPSA) is 72.8 Å². The van der Waals surface area contributed by atoms with Crippen LogP contribution < -0.4 is 5.32 Å². The minimum absolute atomic E-state index is 0.0150. The van der Waals surface area contributed by atoms with Gasteiger partial charge >= 0.3 is 0 Å². The molecule has 1 unspecified atom stereocenters. The summed E-state index contributed by atoms with van der Waals surface area (Å²) in [4.78, 5) is 13.4. The second-order valence-electron chi connectivity index (χ2n) is 3.98. The van der Waals surface area contributed by atoms with Gasteiger partial charge in [-0.25, -0.2) is 0 Å². The SMILES string of the molecule is O=C(CN1CCC(CCO)C1)NCCO. The van der Waals surface area contributed by atoms with Gasteiger partial charge in [0.25, 0.3) is 0 Å². The standard InChI is InChI=1S/C10H20N2O3/c13-5-2-9-1-4-12(7-9)8-10(15)11-3-6-14/h9,13-14H,1-8H2,(H,11,15). The van der Waals surface area contributed by atoms with Crippen LogP contribution in [0.1, 0.15) is 12.8 Å². The normalized spacial score (nSPS) is 21.9. The number of likely N-dealkylation sites (tertiary alicyclic amines) is 1. The number of carbonyl (C=O) groups is 1. The molecular weight excluding hydrogens is 196 g/mol. The molecule has 0 radical (unpaired) electrons. The Kier molecular flexibility index (Phi) is 5.60. The van der Waals surface area contributed by atoms with Crippen LogP contribution in [0.2, 0.25) is 0 Å². The van der Waals surface area contributed by atoms with Crippen molar-refractivity contribution in [3.8, 4) is 0 Å². The first kappa shape index (κ1) is 12.4. The van der Waals surface area contributed by atoms with Gasteiger partial charge in [-0.3, -0.25) is 9.69 Å². The minimum atomic E-state index is -0.0336. The Morgan fingerprint density at radius 3 is 2.87 bits per heavy atom. The van der Waals surface area contributed by atoms with Crippen LogP contribution >= 0.6 is 0 Å². The fraction of sp³-hybridized carbons (Fsp3) is 0.900. The number of hydrogen-bond acceptors (Lipinski definition) is 4. The second-order valence-corrected chi connectivity index (χ2v) is 3.98. The Morgan fingerprint density at radius 1 is 1.40 bits per heavy atom. The van der Waals surface area contributed by atoms with Crippen LogP contribution in [-0.4, -0.2) is 60.4 Å². The van der Waals surface area contributed by atoms with Crippen molar-refractivity contribution in [1.82, 2.24) is 10.2 Å². The van der Waals surface area contributed by atoms with Crippen molar-refractivity contribution >= 4 is 5.91 Å². The molecule has 1 heterocycles. The summed E-state index contributed by atoms with van der Waals surface area (Å²) in [5.41, 5.74) is 0. The fourth-order valence-electron chi connectivity index (χ4n) is 1.93. The lowest BCUT2D eigenvalue weighted by molar-refractivity contribution is -0.122. The van der Waals surface area contributed by atoms with Crippen LogP contribution in [0.5, 0.6) is 0 Å². The quantitative estimate of drug-likeness (QED) is 0.521. The first-order valence-corrected chi connectivity index (χ1v) is 5.47. The summed E-state index contributed by atoms with van der Waals surface area (Å²) in [6.45, 7) is 2.77. The second kappa shape index (κ2) is 6.76. The van der Waals surface area contributed by atoms with Crippen LogP contribution in [0.4, 0.5) is 0 Å². The van der Waals surface area contributed by atoms with E-state index in [9.17, 15) is 4.79 Å². The van der Waals surface area contributed by atoms with Gasteiger partial charge in [-0.1, -0.05) is 0 Å². The van der Waals surface area contributed by atoms with E-state index in [0.29, 0.717) is 19.0 Å². The van der Waals surface area contributed by atoms with E-state index >= 15 is 0 Å². The largest absolute Gasteiger partial charge is 0.396 e. The first-order valence-electron chi connectivity index (χ1n) is 5.47. The van der Waals surface area contributed by atoms with Gasteiger partial charge in [-0.2, -0.15) is 0 Å². The Hall–Kier alpha value is -0.650. The predicted molar refractivity (Wildman–Crippen MR) is 56.3 cm³/mol. The molecule has 0 aromatic carbocycles. The summed E-state index contributed by atoms with van der Waals surface area (Å²) < 4.78 is 0. The average molecular weight is 216 g/mol. The third-order valence-corrected chi connectivity index (χ3v) is 2.71. The molecule has 1 fully saturated rings. The van der Waals surface area contributed by atoms with Gasteiger partial charge in [0.1, 0.15) is 0 Å². The highest BCUT2D eigenvalue weighted by Gasteiger charge is 2.23. The van der Waals surface area contributed by atoms with Crippen molar-refractivity contribution in [2.75, 3.05) is 39.4 Å². The molecule has 1 rings (SSSR count). The van der Waals surface area contributed by atoms with E-state index in [2.05, 4.69) is 10.2 Å². The zero-order valence-electron chi connectivity index (χ0n) is 8.98. The maximum Gasteiger partial charge on any atom is 0.234 e. The van der Waals surface area contributed by atoms with E-state index in [0.717, 1.165) is 25.9 Å². The molecule has 1 aliphatic rings. The van der Waals surface area contributed by atoms with Gasteiger partial charge in [0.15, 0.2) is 0 Å². The molecule has 15 heavy (non-hydrogen) atoms. The highest BCUT2D eigenvalue weighted by Crippen LogP contribution is 2.18. The van der Waals surface area contributed by atoms with E-state index in [1.807, 2.05) is 0 Å². The predicted octanol–water partition coefficient (Wildman–Crippen LogP) is -1.20. The molecule has 0 saturated carbocycles. The smallest absolute Gasteiger partial charge is 0.234 e. The van der Waals surface area contributed by atoms with Gasteiger partial charge < -0.3 is 15.5 Å². The third-order valence-electron chi connectivity index (χ3n) is 2.71. The van der Waals surface area contributed by atoms with Gasteiger partial charge in [-0.15, -0.1) is 0 Å². The first-order chi connectivity index (χ1) is 7.26.